The monoisotopic (exact) mass is 358 g/mol. The zero-order valence-corrected chi connectivity index (χ0v) is 14.4. The number of aromatic nitrogens is 2. The zero-order valence-electron chi connectivity index (χ0n) is 13.6. The smallest absolute Gasteiger partial charge is 0.328 e. The van der Waals surface area contributed by atoms with Gasteiger partial charge in [0.1, 0.15) is 4.90 Å². The molecule has 2 heterocycles. The van der Waals surface area contributed by atoms with Crippen LogP contribution in [-0.2, 0) is 16.4 Å². The molecule has 130 valence electrons. The summed E-state index contributed by atoms with van der Waals surface area (Å²) in [6, 6.07) is 10.0. The Kier molecular flexibility index (Phi) is 4.71. The lowest BCUT2D eigenvalue weighted by atomic mass is 10.1. The molecule has 0 saturated carbocycles. The number of hydrogen-bond donors (Lipinski definition) is 3. The number of para-hydroxylation sites is 1. The lowest BCUT2D eigenvalue weighted by molar-refractivity contribution is 0.246. The van der Waals surface area contributed by atoms with Gasteiger partial charge in [0.15, 0.2) is 0 Å². The van der Waals surface area contributed by atoms with Crippen LogP contribution < -0.4 is 10.0 Å². The Balaban J connectivity index is 1.60. The van der Waals surface area contributed by atoms with Crippen LogP contribution in [0.3, 0.4) is 0 Å². The molecule has 3 aromatic rings. The number of nitrogens with one attached hydrogen (secondary N) is 3. The van der Waals surface area contributed by atoms with Gasteiger partial charge in [-0.3, -0.25) is 4.98 Å². The van der Waals surface area contributed by atoms with E-state index in [0.29, 0.717) is 13.0 Å². The number of urea groups is 1. The summed E-state index contributed by atoms with van der Waals surface area (Å²) in [6.07, 6.45) is 3.24. The van der Waals surface area contributed by atoms with Crippen molar-refractivity contribution in [1.82, 2.24) is 20.0 Å². The summed E-state index contributed by atoms with van der Waals surface area (Å²) < 4.78 is 26.1. The lowest BCUT2D eigenvalue weighted by Gasteiger charge is -2.08. The Labute approximate surface area is 145 Å². The third-order valence-electron chi connectivity index (χ3n) is 3.86. The molecule has 2 aromatic heterocycles. The highest BCUT2D eigenvalue weighted by Gasteiger charge is 2.17. The van der Waals surface area contributed by atoms with E-state index in [1.54, 1.807) is 0 Å². The van der Waals surface area contributed by atoms with Crippen LogP contribution in [0.1, 0.15) is 11.3 Å². The highest BCUT2D eigenvalue weighted by molar-refractivity contribution is 7.90. The number of rotatable bonds is 5. The van der Waals surface area contributed by atoms with Gasteiger partial charge >= 0.3 is 6.03 Å². The lowest BCUT2D eigenvalue weighted by Crippen LogP contribution is -2.40. The number of sulfonamides is 1. The van der Waals surface area contributed by atoms with Crippen LogP contribution in [0.4, 0.5) is 4.79 Å². The molecule has 0 aliphatic rings. The van der Waals surface area contributed by atoms with Crippen molar-refractivity contribution in [2.45, 2.75) is 18.2 Å². The molecule has 1 aromatic carbocycles. The Morgan fingerprint density at radius 3 is 2.76 bits per heavy atom. The van der Waals surface area contributed by atoms with E-state index in [2.05, 4.69) is 15.3 Å². The molecule has 0 spiro atoms. The summed E-state index contributed by atoms with van der Waals surface area (Å²) in [7, 11) is -3.92. The van der Waals surface area contributed by atoms with E-state index >= 15 is 0 Å². The molecule has 3 N–H and O–H groups in total. The highest BCUT2D eigenvalue weighted by Crippen LogP contribution is 2.21. The van der Waals surface area contributed by atoms with E-state index in [1.807, 2.05) is 35.9 Å². The third kappa shape index (κ3) is 3.80. The van der Waals surface area contributed by atoms with Crippen molar-refractivity contribution < 1.29 is 13.2 Å². The van der Waals surface area contributed by atoms with E-state index in [1.165, 1.54) is 24.5 Å². The molecular weight excluding hydrogens is 340 g/mol. The van der Waals surface area contributed by atoms with Crippen molar-refractivity contribution in [1.29, 1.82) is 0 Å². The summed E-state index contributed by atoms with van der Waals surface area (Å²) in [4.78, 5) is 18.9. The molecule has 0 radical (unpaired) electrons. The van der Waals surface area contributed by atoms with E-state index < -0.39 is 16.1 Å². The normalized spacial score (nSPS) is 11.4. The Morgan fingerprint density at radius 1 is 1.20 bits per heavy atom. The molecule has 25 heavy (non-hydrogen) atoms. The van der Waals surface area contributed by atoms with Gasteiger partial charge in [-0.15, -0.1) is 0 Å². The summed E-state index contributed by atoms with van der Waals surface area (Å²) in [5, 5.41) is 3.68. The number of fused-ring (bicyclic) bond motifs is 1. The molecule has 0 aliphatic heterocycles. The molecule has 0 fully saturated rings. The van der Waals surface area contributed by atoms with Gasteiger partial charge in [-0.1, -0.05) is 18.2 Å². The van der Waals surface area contributed by atoms with Crippen molar-refractivity contribution in [3.8, 4) is 0 Å². The van der Waals surface area contributed by atoms with Gasteiger partial charge in [0.2, 0.25) is 0 Å². The second-order valence-electron chi connectivity index (χ2n) is 5.57. The van der Waals surface area contributed by atoms with Gasteiger partial charge < -0.3 is 10.3 Å². The third-order valence-corrected chi connectivity index (χ3v) is 5.18. The van der Waals surface area contributed by atoms with Gasteiger partial charge in [-0.25, -0.2) is 17.9 Å². The number of H-pyrrole nitrogens is 1. The van der Waals surface area contributed by atoms with Gasteiger partial charge in [0, 0.05) is 35.5 Å². The molecule has 0 saturated heterocycles. The fourth-order valence-corrected chi connectivity index (χ4v) is 3.57. The number of aryl methyl sites for hydroxylation is 1. The number of aromatic amines is 1. The van der Waals surface area contributed by atoms with E-state index in [9.17, 15) is 13.2 Å². The van der Waals surface area contributed by atoms with Crippen LogP contribution in [0.5, 0.6) is 0 Å². The van der Waals surface area contributed by atoms with Gasteiger partial charge in [-0.05, 0) is 37.1 Å². The summed E-state index contributed by atoms with van der Waals surface area (Å²) in [5.41, 5.74) is 3.18. The minimum atomic E-state index is -3.92. The number of carbonyl (C=O) groups excluding carboxylic acids is 1. The molecular formula is C17H18N4O3S. The predicted octanol–water partition coefficient (Wildman–Crippen LogP) is 2.10. The molecule has 8 heteroatoms. The van der Waals surface area contributed by atoms with Crippen LogP contribution in [0.15, 0.2) is 53.7 Å². The Hall–Kier alpha value is -2.87. The van der Waals surface area contributed by atoms with E-state index in [4.69, 9.17) is 0 Å². The number of pyridine rings is 1. The maximum atomic E-state index is 12.0. The maximum Gasteiger partial charge on any atom is 0.328 e. The standard InChI is InChI=1S/C17H18N4O3S/c1-12-14(15-6-2-3-7-16(15)20-12)8-10-19-17(22)21-25(23,24)13-5-4-9-18-11-13/h2-7,9,11,20H,8,10H2,1H3,(H2,19,21,22). The first-order chi connectivity index (χ1) is 12.0. The second kappa shape index (κ2) is 6.94. The van der Waals surface area contributed by atoms with Crippen LogP contribution in [-0.4, -0.2) is 31.0 Å². The number of carbonyl (C=O) groups is 1. The van der Waals surface area contributed by atoms with Crippen LogP contribution >= 0.6 is 0 Å². The molecule has 0 atom stereocenters. The largest absolute Gasteiger partial charge is 0.358 e. The second-order valence-corrected chi connectivity index (χ2v) is 7.26. The summed E-state index contributed by atoms with van der Waals surface area (Å²) >= 11 is 0. The highest BCUT2D eigenvalue weighted by atomic mass is 32.2. The number of amides is 2. The minimum Gasteiger partial charge on any atom is -0.358 e. The van der Waals surface area contributed by atoms with Crippen LogP contribution in [0, 0.1) is 6.92 Å². The molecule has 2 amide bonds. The van der Waals surface area contributed by atoms with Crippen molar-refractivity contribution >= 4 is 27.0 Å². The molecule has 0 bridgehead atoms. The zero-order chi connectivity index (χ0) is 17.9. The Morgan fingerprint density at radius 2 is 2.00 bits per heavy atom. The van der Waals surface area contributed by atoms with Crippen LogP contribution in [0.25, 0.3) is 10.9 Å². The van der Waals surface area contributed by atoms with Crippen molar-refractivity contribution in [2.75, 3.05) is 6.54 Å². The molecule has 3 rings (SSSR count). The van der Waals surface area contributed by atoms with Crippen molar-refractivity contribution in [3.63, 3.8) is 0 Å². The summed E-state index contributed by atoms with van der Waals surface area (Å²) in [5.74, 6) is 0. The van der Waals surface area contributed by atoms with Crippen molar-refractivity contribution in [3.05, 3.63) is 60.0 Å². The number of hydrogen-bond acceptors (Lipinski definition) is 4. The first-order valence-electron chi connectivity index (χ1n) is 7.74. The van der Waals surface area contributed by atoms with Gasteiger partial charge in [0.25, 0.3) is 10.0 Å². The van der Waals surface area contributed by atoms with Crippen molar-refractivity contribution in [2.24, 2.45) is 0 Å². The predicted molar refractivity (Wildman–Crippen MR) is 94.7 cm³/mol. The molecule has 7 nitrogen and oxygen atoms in total. The van der Waals surface area contributed by atoms with Gasteiger partial charge in [-0.2, -0.15) is 0 Å². The average molecular weight is 358 g/mol. The minimum absolute atomic E-state index is 0.0578. The summed E-state index contributed by atoms with van der Waals surface area (Å²) in [6.45, 7) is 2.29. The average Bonchev–Trinajstić information content (AvgIpc) is 2.91. The first-order valence-corrected chi connectivity index (χ1v) is 9.22. The molecule has 0 aliphatic carbocycles. The first kappa shape index (κ1) is 17.0. The Bertz CT molecular complexity index is 997. The molecule has 0 unspecified atom stereocenters. The van der Waals surface area contributed by atoms with E-state index in [-0.39, 0.29) is 4.90 Å². The fourth-order valence-electron chi connectivity index (χ4n) is 2.68. The SMILES string of the molecule is Cc1[nH]c2ccccc2c1CCNC(=O)NS(=O)(=O)c1cccnc1. The van der Waals surface area contributed by atoms with E-state index in [0.717, 1.165) is 22.2 Å². The maximum absolute atomic E-state index is 12.0. The van der Waals surface area contributed by atoms with Crippen LogP contribution in [0.2, 0.25) is 0 Å². The fraction of sp³-hybridized carbons (Fsp3) is 0.176. The van der Waals surface area contributed by atoms with Gasteiger partial charge in [0.05, 0.1) is 0 Å². The number of benzene rings is 1. The number of nitrogens with zero attached hydrogens (tertiary/aromatic N) is 1. The quantitative estimate of drug-likeness (QED) is 0.650. The topological polar surface area (TPSA) is 104 Å².